The lowest BCUT2D eigenvalue weighted by Gasteiger charge is -2.35. The zero-order valence-corrected chi connectivity index (χ0v) is 9.67. The van der Waals surface area contributed by atoms with Crippen molar-refractivity contribution in [3.8, 4) is 0 Å². The van der Waals surface area contributed by atoms with E-state index in [1.165, 1.54) is 25.7 Å². The first-order valence-corrected chi connectivity index (χ1v) is 6.19. The molecule has 2 N–H and O–H groups in total. The summed E-state index contributed by atoms with van der Waals surface area (Å²) in [7, 11) is 0. The molecule has 1 heterocycles. The van der Waals surface area contributed by atoms with Crippen LogP contribution in [0.15, 0.2) is 0 Å². The molecular formula is C12H23NO2. The highest BCUT2D eigenvalue weighted by Crippen LogP contribution is 2.37. The number of aliphatic hydroxyl groups excluding tert-OH is 1. The summed E-state index contributed by atoms with van der Waals surface area (Å²) in [6.45, 7) is 4.26. The van der Waals surface area contributed by atoms with Gasteiger partial charge in [-0.15, -0.1) is 0 Å². The second-order valence-electron chi connectivity index (χ2n) is 5.34. The summed E-state index contributed by atoms with van der Waals surface area (Å²) in [5.41, 5.74) is 0.0947. The van der Waals surface area contributed by atoms with E-state index in [-0.39, 0.29) is 5.41 Å². The summed E-state index contributed by atoms with van der Waals surface area (Å²) in [6, 6.07) is 0.988. The molecule has 0 amide bonds. The molecule has 88 valence electrons. The fourth-order valence-electron chi connectivity index (χ4n) is 2.86. The highest BCUT2D eigenvalue weighted by molar-refractivity contribution is 4.94. The van der Waals surface area contributed by atoms with Gasteiger partial charge in [-0.25, -0.2) is 0 Å². The minimum absolute atomic E-state index is 0.0947. The van der Waals surface area contributed by atoms with Gasteiger partial charge in [-0.05, 0) is 25.7 Å². The van der Waals surface area contributed by atoms with Crippen LogP contribution in [0.5, 0.6) is 0 Å². The van der Waals surface area contributed by atoms with E-state index in [9.17, 15) is 5.11 Å². The highest BCUT2D eigenvalue weighted by atomic mass is 16.5. The topological polar surface area (TPSA) is 41.5 Å². The van der Waals surface area contributed by atoms with Crippen molar-refractivity contribution >= 4 is 0 Å². The summed E-state index contributed by atoms with van der Waals surface area (Å²) < 4.78 is 5.47. The van der Waals surface area contributed by atoms with E-state index in [1.807, 2.05) is 0 Å². The number of aliphatic hydroxyl groups is 1. The molecule has 0 aromatic carbocycles. The van der Waals surface area contributed by atoms with Gasteiger partial charge in [-0.3, -0.25) is 0 Å². The van der Waals surface area contributed by atoms with Crippen LogP contribution >= 0.6 is 0 Å². The molecule has 0 aromatic rings. The van der Waals surface area contributed by atoms with E-state index >= 15 is 0 Å². The van der Waals surface area contributed by atoms with Gasteiger partial charge in [0.05, 0.1) is 6.61 Å². The Labute approximate surface area is 92.2 Å². The van der Waals surface area contributed by atoms with Crippen LogP contribution in [-0.4, -0.2) is 37.0 Å². The molecule has 0 spiro atoms. The minimum atomic E-state index is 0.0947. The average Bonchev–Trinajstić information content (AvgIpc) is 2.63. The lowest BCUT2D eigenvalue weighted by molar-refractivity contribution is 0.0503. The van der Waals surface area contributed by atoms with Gasteiger partial charge >= 0.3 is 0 Å². The van der Waals surface area contributed by atoms with Gasteiger partial charge in [-0.2, -0.15) is 0 Å². The molecule has 3 atom stereocenters. The third kappa shape index (κ3) is 2.52. The Morgan fingerprint density at radius 2 is 2.27 bits per heavy atom. The summed E-state index contributed by atoms with van der Waals surface area (Å²) in [5, 5.41) is 13.1. The molecular weight excluding hydrogens is 190 g/mol. The molecule has 0 bridgehead atoms. The third-order valence-corrected chi connectivity index (χ3v) is 4.04. The van der Waals surface area contributed by atoms with Crippen LogP contribution in [0.1, 0.15) is 39.0 Å². The minimum Gasteiger partial charge on any atom is -0.396 e. The van der Waals surface area contributed by atoms with Crippen molar-refractivity contribution in [2.45, 2.75) is 51.1 Å². The fraction of sp³-hybridized carbons (Fsp3) is 1.00. The third-order valence-electron chi connectivity index (χ3n) is 4.04. The summed E-state index contributed by atoms with van der Waals surface area (Å²) >= 11 is 0. The smallest absolute Gasteiger partial charge is 0.0619 e. The first kappa shape index (κ1) is 11.4. The number of ether oxygens (including phenoxy) is 1. The molecule has 0 aromatic heterocycles. The summed E-state index contributed by atoms with van der Waals surface area (Å²) in [6.07, 6.45) is 5.98. The highest BCUT2D eigenvalue weighted by Gasteiger charge is 2.39. The van der Waals surface area contributed by atoms with Gasteiger partial charge in [0, 0.05) is 30.7 Å². The first-order chi connectivity index (χ1) is 7.24. The van der Waals surface area contributed by atoms with Crippen molar-refractivity contribution in [2.75, 3.05) is 19.8 Å². The van der Waals surface area contributed by atoms with Crippen molar-refractivity contribution in [3.63, 3.8) is 0 Å². The monoisotopic (exact) mass is 213 g/mol. The van der Waals surface area contributed by atoms with Crippen molar-refractivity contribution in [2.24, 2.45) is 5.41 Å². The predicted molar refractivity (Wildman–Crippen MR) is 59.8 cm³/mol. The molecule has 1 saturated carbocycles. The Hall–Kier alpha value is -0.120. The van der Waals surface area contributed by atoms with Crippen molar-refractivity contribution in [1.29, 1.82) is 0 Å². The standard InChI is InChI=1S/C12H23NO2/c1-12(9-14)6-2-5-11(12)13-10-4-3-7-15-8-10/h10-11,13-14H,2-9H2,1H3. The normalized spacial score (nSPS) is 42.0. The largest absolute Gasteiger partial charge is 0.396 e. The van der Waals surface area contributed by atoms with Crippen LogP contribution in [0.25, 0.3) is 0 Å². The molecule has 3 unspecified atom stereocenters. The molecule has 2 fully saturated rings. The Bertz CT molecular complexity index is 204. The van der Waals surface area contributed by atoms with E-state index in [0.717, 1.165) is 19.6 Å². The molecule has 1 aliphatic carbocycles. The lowest BCUT2D eigenvalue weighted by atomic mass is 9.85. The number of hydrogen-bond acceptors (Lipinski definition) is 3. The van der Waals surface area contributed by atoms with Crippen molar-refractivity contribution in [1.82, 2.24) is 5.32 Å². The van der Waals surface area contributed by atoms with Crippen LogP contribution < -0.4 is 5.32 Å². The van der Waals surface area contributed by atoms with Crippen LogP contribution in [0.3, 0.4) is 0 Å². The summed E-state index contributed by atoms with van der Waals surface area (Å²) in [4.78, 5) is 0. The van der Waals surface area contributed by atoms with E-state index in [1.54, 1.807) is 0 Å². The summed E-state index contributed by atoms with van der Waals surface area (Å²) in [5.74, 6) is 0. The molecule has 2 aliphatic rings. The Balaban J connectivity index is 1.87. The van der Waals surface area contributed by atoms with Gasteiger partial charge in [0.2, 0.25) is 0 Å². The zero-order valence-electron chi connectivity index (χ0n) is 9.67. The van der Waals surface area contributed by atoms with Crippen LogP contribution in [-0.2, 0) is 4.74 Å². The van der Waals surface area contributed by atoms with Crippen LogP contribution in [0.4, 0.5) is 0 Å². The van der Waals surface area contributed by atoms with E-state index < -0.39 is 0 Å². The maximum atomic E-state index is 9.45. The average molecular weight is 213 g/mol. The van der Waals surface area contributed by atoms with Crippen molar-refractivity contribution in [3.05, 3.63) is 0 Å². The van der Waals surface area contributed by atoms with Gasteiger partial charge in [0.25, 0.3) is 0 Å². The number of hydrogen-bond donors (Lipinski definition) is 2. The SMILES string of the molecule is CC1(CO)CCCC1NC1CCCOC1. The van der Waals surface area contributed by atoms with Gasteiger partial charge in [-0.1, -0.05) is 13.3 Å². The molecule has 2 rings (SSSR count). The maximum Gasteiger partial charge on any atom is 0.0619 e. The van der Waals surface area contributed by atoms with Crippen LogP contribution in [0, 0.1) is 5.41 Å². The Morgan fingerprint density at radius 1 is 1.40 bits per heavy atom. The fourth-order valence-corrected chi connectivity index (χ4v) is 2.86. The zero-order chi connectivity index (χ0) is 10.7. The molecule has 1 saturated heterocycles. The van der Waals surface area contributed by atoms with E-state index in [0.29, 0.717) is 18.7 Å². The number of nitrogens with one attached hydrogen (secondary N) is 1. The Kier molecular flexibility index (Phi) is 3.65. The number of rotatable bonds is 3. The van der Waals surface area contributed by atoms with Gasteiger partial charge in [0.15, 0.2) is 0 Å². The molecule has 1 aliphatic heterocycles. The van der Waals surface area contributed by atoms with E-state index in [2.05, 4.69) is 12.2 Å². The quantitative estimate of drug-likeness (QED) is 0.742. The van der Waals surface area contributed by atoms with Crippen LogP contribution in [0.2, 0.25) is 0 Å². The molecule has 3 heteroatoms. The molecule has 3 nitrogen and oxygen atoms in total. The van der Waals surface area contributed by atoms with Gasteiger partial charge < -0.3 is 15.2 Å². The van der Waals surface area contributed by atoms with Gasteiger partial charge in [0.1, 0.15) is 0 Å². The Morgan fingerprint density at radius 3 is 2.93 bits per heavy atom. The van der Waals surface area contributed by atoms with Crippen molar-refractivity contribution < 1.29 is 9.84 Å². The maximum absolute atomic E-state index is 9.45. The lowest BCUT2D eigenvalue weighted by Crippen LogP contribution is -2.49. The first-order valence-electron chi connectivity index (χ1n) is 6.19. The second kappa shape index (κ2) is 4.81. The predicted octanol–water partition coefficient (Wildman–Crippen LogP) is 1.31. The molecule has 15 heavy (non-hydrogen) atoms. The molecule has 0 radical (unpaired) electrons. The van der Waals surface area contributed by atoms with E-state index in [4.69, 9.17) is 4.74 Å². The second-order valence-corrected chi connectivity index (χ2v) is 5.34.